The van der Waals surface area contributed by atoms with E-state index in [-0.39, 0.29) is 6.42 Å². The second-order valence-electron chi connectivity index (χ2n) is 4.46. The number of primary amides is 1. The average Bonchev–Trinajstić information content (AvgIpc) is 2.87. The fourth-order valence-corrected chi connectivity index (χ4v) is 2.41. The standard InChI is InChI=1S/C12H16F3N3O2S/c1-18(5-4-12(13,14)15)10(19)7-8(17-11(16)20)9-3-2-6-21-9/h2-3,6,8H,4-5,7H2,1H3,(H3,16,17,20). The van der Waals surface area contributed by atoms with Crippen molar-refractivity contribution in [3.8, 4) is 0 Å². The van der Waals surface area contributed by atoms with Gasteiger partial charge < -0.3 is 16.0 Å². The highest BCUT2D eigenvalue weighted by molar-refractivity contribution is 7.10. The normalized spacial score (nSPS) is 12.8. The van der Waals surface area contributed by atoms with E-state index in [9.17, 15) is 22.8 Å². The van der Waals surface area contributed by atoms with Gasteiger partial charge in [-0.3, -0.25) is 4.79 Å². The zero-order valence-corrected chi connectivity index (χ0v) is 12.1. The van der Waals surface area contributed by atoms with E-state index >= 15 is 0 Å². The van der Waals surface area contributed by atoms with E-state index in [1.54, 1.807) is 17.5 Å². The van der Waals surface area contributed by atoms with Gasteiger partial charge in [0.25, 0.3) is 0 Å². The predicted octanol–water partition coefficient (Wildman–Crippen LogP) is 2.26. The summed E-state index contributed by atoms with van der Waals surface area (Å²) in [5, 5.41) is 4.19. The highest BCUT2D eigenvalue weighted by Gasteiger charge is 2.28. The molecule has 1 aromatic heterocycles. The van der Waals surface area contributed by atoms with Crippen molar-refractivity contribution < 1.29 is 22.8 Å². The van der Waals surface area contributed by atoms with Crippen molar-refractivity contribution >= 4 is 23.3 Å². The predicted molar refractivity (Wildman–Crippen MR) is 72.7 cm³/mol. The number of nitrogens with two attached hydrogens (primary N) is 1. The third-order valence-electron chi connectivity index (χ3n) is 2.74. The number of hydrogen-bond donors (Lipinski definition) is 2. The molecule has 0 spiro atoms. The monoisotopic (exact) mass is 323 g/mol. The lowest BCUT2D eigenvalue weighted by Gasteiger charge is -2.22. The summed E-state index contributed by atoms with van der Waals surface area (Å²) < 4.78 is 36.4. The minimum atomic E-state index is -4.31. The second-order valence-corrected chi connectivity index (χ2v) is 5.44. The molecule has 1 aromatic rings. The Morgan fingerprint density at radius 2 is 2.14 bits per heavy atom. The van der Waals surface area contributed by atoms with E-state index in [2.05, 4.69) is 5.32 Å². The van der Waals surface area contributed by atoms with Crippen LogP contribution in [0.1, 0.15) is 23.8 Å². The molecule has 9 heteroatoms. The third kappa shape index (κ3) is 6.48. The van der Waals surface area contributed by atoms with Gasteiger partial charge in [0.2, 0.25) is 5.91 Å². The average molecular weight is 323 g/mol. The van der Waals surface area contributed by atoms with Crippen LogP contribution in [0.15, 0.2) is 17.5 Å². The van der Waals surface area contributed by atoms with Gasteiger partial charge in [0.1, 0.15) is 0 Å². The number of amides is 3. The second kappa shape index (κ2) is 7.30. The van der Waals surface area contributed by atoms with E-state index in [1.165, 1.54) is 18.4 Å². The molecule has 0 aromatic carbocycles. The van der Waals surface area contributed by atoms with Crippen molar-refractivity contribution in [2.45, 2.75) is 25.1 Å². The summed E-state index contributed by atoms with van der Waals surface area (Å²) >= 11 is 1.32. The number of rotatable bonds is 6. The number of nitrogens with zero attached hydrogens (tertiary/aromatic N) is 1. The largest absolute Gasteiger partial charge is 0.390 e. The first-order valence-electron chi connectivity index (χ1n) is 6.09. The van der Waals surface area contributed by atoms with Gasteiger partial charge in [0.05, 0.1) is 18.9 Å². The molecule has 1 unspecified atom stereocenters. The molecule has 3 amide bonds. The summed E-state index contributed by atoms with van der Waals surface area (Å²) in [7, 11) is 1.30. The number of alkyl halides is 3. The van der Waals surface area contributed by atoms with Crippen molar-refractivity contribution in [3.63, 3.8) is 0 Å². The smallest absolute Gasteiger partial charge is 0.352 e. The molecule has 0 fully saturated rings. The van der Waals surface area contributed by atoms with Gasteiger partial charge in [-0.25, -0.2) is 4.79 Å². The molecule has 1 rings (SSSR count). The molecule has 0 aliphatic rings. The number of thiophene rings is 1. The van der Waals surface area contributed by atoms with Crippen molar-refractivity contribution in [1.82, 2.24) is 10.2 Å². The highest BCUT2D eigenvalue weighted by atomic mass is 32.1. The molecular formula is C12H16F3N3O2S. The van der Waals surface area contributed by atoms with Gasteiger partial charge >= 0.3 is 12.2 Å². The van der Waals surface area contributed by atoms with Gasteiger partial charge in [0.15, 0.2) is 0 Å². The molecule has 0 bridgehead atoms. The molecule has 5 nitrogen and oxygen atoms in total. The molecule has 21 heavy (non-hydrogen) atoms. The molecule has 1 heterocycles. The van der Waals surface area contributed by atoms with Gasteiger partial charge in [-0.15, -0.1) is 11.3 Å². The molecule has 0 aliphatic carbocycles. The fraction of sp³-hybridized carbons (Fsp3) is 0.500. The van der Waals surface area contributed by atoms with Crippen LogP contribution >= 0.6 is 11.3 Å². The zero-order chi connectivity index (χ0) is 16.0. The maximum absolute atomic E-state index is 12.1. The maximum atomic E-state index is 12.1. The summed E-state index contributed by atoms with van der Waals surface area (Å²) in [5.74, 6) is -0.494. The molecule has 0 saturated heterocycles. The lowest BCUT2D eigenvalue weighted by atomic mass is 10.1. The number of urea groups is 1. The Balaban J connectivity index is 2.61. The molecule has 0 aliphatic heterocycles. The SMILES string of the molecule is CN(CCC(F)(F)F)C(=O)CC(NC(N)=O)c1cccs1. The first-order valence-corrected chi connectivity index (χ1v) is 6.97. The number of carbonyl (C=O) groups excluding carboxylic acids is 2. The lowest BCUT2D eigenvalue weighted by Crippen LogP contribution is -2.37. The molecule has 118 valence electrons. The van der Waals surface area contributed by atoms with Gasteiger partial charge in [-0.1, -0.05) is 6.07 Å². The van der Waals surface area contributed by atoms with Crippen LogP contribution in [0.3, 0.4) is 0 Å². The van der Waals surface area contributed by atoms with E-state index in [0.717, 1.165) is 4.90 Å². The zero-order valence-electron chi connectivity index (χ0n) is 11.3. The summed E-state index contributed by atoms with van der Waals surface area (Å²) in [6.07, 6.45) is -5.52. The van der Waals surface area contributed by atoms with Crippen molar-refractivity contribution in [3.05, 3.63) is 22.4 Å². The van der Waals surface area contributed by atoms with Crippen LogP contribution < -0.4 is 11.1 Å². The third-order valence-corrected chi connectivity index (χ3v) is 3.72. The number of nitrogens with one attached hydrogen (secondary N) is 1. The number of hydrogen-bond acceptors (Lipinski definition) is 3. The van der Waals surface area contributed by atoms with Crippen LogP contribution in [0.25, 0.3) is 0 Å². The fourth-order valence-electron chi connectivity index (χ4n) is 1.63. The molecule has 3 N–H and O–H groups in total. The number of carbonyl (C=O) groups is 2. The Kier molecular flexibility index (Phi) is 6.01. The maximum Gasteiger partial charge on any atom is 0.390 e. The minimum Gasteiger partial charge on any atom is -0.352 e. The highest BCUT2D eigenvalue weighted by Crippen LogP contribution is 2.23. The molecule has 0 saturated carbocycles. The summed E-state index contributed by atoms with van der Waals surface area (Å²) in [6.45, 7) is -0.421. The molecule has 0 radical (unpaired) electrons. The van der Waals surface area contributed by atoms with Gasteiger partial charge in [0, 0.05) is 18.5 Å². The molecule has 1 atom stereocenters. The van der Waals surface area contributed by atoms with Crippen LogP contribution in [0, 0.1) is 0 Å². The van der Waals surface area contributed by atoms with Crippen molar-refractivity contribution in [1.29, 1.82) is 0 Å². The minimum absolute atomic E-state index is 0.141. The Morgan fingerprint density at radius 1 is 1.48 bits per heavy atom. The van der Waals surface area contributed by atoms with Crippen LogP contribution in [0.4, 0.5) is 18.0 Å². The van der Waals surface area contributed by atoms with Crippen LogP contribution in [0.5, 0.6) is 0 Å². The molecular weight excluding hydrogens is 307 g/mol. The topological polar surface area (TPSA) is 75.4 Å². The number of halogens is 3. The first kappa shape index (κ1) is 17.3. The van der Waals surface area contributed by atoms with E-state index in [4.69, 9.17) is 5.73 Å². The van der Waals surface area contributed by atoms with Gasteiger partial charge in [-0.05, 0) is 11.4 Å². The Labute approximate surface area is 123 Å². The Hall–Kier alpha value is -1.77. The van der Waals surface area contributed by atoms with Crippen LogP contribution in [0.2, 0.25) is 0 Å². The quantitative estimate of drug-likeness (QED) is 0.842. The van der Waals surface area contributed by atoms with Gasteiger partial charge in [-0.2, -0.15) is 13.2 Å². The summed E-state index contributed by atoms with van der Waals surface area (Å²) in [5.41, 5.74) is 5.05. The van der Waals surface area contributed by atoms with Crippen LogP contribution in [-0.4, -0.2) is 36.6 Å². The first-order chi connectivity index (χ1) is 9.69. The summed E-state index contributed by atoms with van der Waals surface area (Å²) in [6, 6.07) is 2.03. The Bertz CT molecular complexity index is 477. The van der Waals surface area contributed by atoms with Crippen molar-refractivity contribution in [2.75, 3.05) is 13.6 Å². The van der Waals surface area contributed by atoms with Crippen molar-refractivity contribution in [2.24, 2.45) is 5.73 Å². The van der Waals surface area contributed by atoms with E-state index in [1.807, 2.05) is 0 Å². The lowest BCUT2D eigenvalue weighted by molar-refractivity contribution is -0.144. The van der Waals surface area contributed by atoms with E-state index in [0.29, 0.717) is 4.88 Å². The van der Waals surface area contributed by atoms with E-state index < -0.39 is 37.1 Å². The summed E-state index contributed by atoms with van der Waals surface area (Å²) in [4.78, 5) is 24.6. The Morgan fingerprint density at radius 3 is 2.62 bits per heavy atom. The van der Waals surface area contributed by atoms with Crippen LogP contribution in [-0.2, 0) is 4.79 Å².